The van der Waals surface area contributed by atoms with Crippen LogP contribution >= 0.6 is 11.6 Å². The first kappa shape index (κ1) is 14.2. The van der Waals surface area contributed by atoms with Gasteiger partial charge in [-0.3, -0.25) is 0 Å². The first-order valence-corrected chi connectivity index (χ1v) is 6.40. The van der Waals surface area contributed by atoms with Crippen LogP contribution in [0.4, 0.5) is 17.1 Å². The lowest BCUT2D eigenvalue weighted by molar-refractivity contribution is 0.0601. The summed E-state index contributed by atoms with van der Waals surface area (Å²) in [6.45, 7) is 1.95. The van der Waals surface area contributed by atoms with Crippen LogP contribution in [0.5, 0.6) is 0 Å². The van der Waals surface area contributed by atoms with Gasteiger partial charge in [-0.15, -0.1) is 0 Å². The number of rotatable bonds is 3. The zero-order valence-electron chi connectivity index (χ0n) is 11.2. The lowest BCUT2D eigenvalue weighted by Gasteiger charge is -2.12. The Hall–Kier alpha value is -2.20. The molecule has 3 N–H and O–H groups in total. The third-order valence-electron chi connectivity index (χ3n) is 2.93. The molecule has 0 unspecified atom stereocenters. The van der Waals surface area contributed by atoms with E-state index in [1.165, 1.54) is 7.11 Å². The molecule has 20 heavy (non-hydrogen) atoms. The molecule has 0 saturated carbocycles. The Morgan fingerprint density at radius 3 is 2.50 bits per heavy atom. The minimum atomic E-state index is -0.411. The molecule has 4 nitrogen and oxygen atoms in total. The number of carbonyl (C=O) groups excluding carboxylic acids is 1. The van der Waals surface area contributed by atoms with Gasteiger partial charge in [0.05, 0.1) is 24.0 Å². The van der Waals surface area contributed by atoms with Gasteiger partial charge in [0.15, 0.2) is 0 Å². The number of methoxy groups -OCH3 is 1. The van der Waals surface area contributed by atoms with E-state index in [-0.39, 0.29) is 0 Å². The smallest absolute Gasteiger partial charge is 0.337 e. The number of benzene rings is 2. The molecular formula is C15H15ClN2O2. The lowest BCUT2D eigenvalue weighted by Crippen LogP contribution is -2.04. The zero-order valence-corrected chi connectivity index (χ0v) is 12.0. The standard InChI is InChI=1S/C15H15ClN2O2/c1-9-7-11(16)4-6-13(9)18-14-5-3-10(8-12(14)17)15(19)20-2/h3-8,18H,17H2,1-2H3. The van der Waals surface area contributed by atoms with E-state index in [2.05, 4.69) is 10.1 Å². The van der Waals surface area contributed by atoms with Crippen molar-refractivity contribution >= 4 is 34.6 Å². The van der Waals surface area contributed by atoms with Crippen molar-refractivity contribution in [3.8, 4) is 0 Å². The van der Waals surface area contributed by atoms with E-state index in [9.17, 15) is 4.79 Å². The summed E-state index contributed by atoms with van der Waals surface area (Å²) in [6.07, 6.45) is 0. The Kier molecular flexibility index (Phi) is 4.15. The molecule has 104 valence electrons. The fourth-order valence-electron chi connectivity index (χ4n) is 1.83. The highest BCUT2D eigenvalue weighted by molar-refractivity contribution is 6.30. The van der Waals surface area contributed by atoms with Crippen molar-refractivity contribution in [2.24, 2.45) is 0 Å². The van der Waals surface area contributed by atoms with E-state index in [0.717, 1.165) is 16.9 Å². The van der Waals surface area contributed by atoms with Crippen molar-refractivity contribution < 1.29 is 9.53 Å². The zero-order chi connectivity index (χ0) is 14.7. The number of hydrogen-bond donors (Lipinski definition) is 2. The summed E-state index contributed by atoms with van der Waals surface area (Å²) in [5, 5.41) is 3.90. The highest BCUT2D eigenvalue weighted by atomic mass is 35.5. The van der Waals surface area contributed by atoms with E-state index in [4.69, 9.17) is 17.3 Å². The minimum absolute atomic E-state index is 0.411. The van der Waals surface area contributed by atoms with Crippen molar-refractivity contribution in [2.75, 3.05) is 18.2 Å². The molecule has 0 spiro atoms. The van der Waals surface area contributed by atoms with E-state index >= 15 is 0 Å². The first-order chi connectivity index (χ1) is 9.51. The number of nitrogen functional groups attached to an aromatic ring is 1. The Labute approximate surface area is 122 Å². The first-order valence-electron chi connectivity index (χ1n) is 6.02. The molecule has 2 aromatic carbocycles. The molecular weight excluding hydrogens is 276 g/mol. The maximum atomic E-state index is 11.4. The summed E-state index contributed by atoms with van der Waals surface area (Å²) < 4.78 is 4.65. The number of halogens is 1. The largest absolute Gasteiger partial charge is 0.465 e. The van der Waals surface area contributed by atoms with Gasteiger partial charge < -0.3 is 15.8 Å². The highest BCUT2D eigenvalue weighted by Crippen LogP contribution is 2.27. The molecule has 2 aromatic rings. The maximum Gasteiger partial charge on any atom is 0.337 e. The normalized spacial score (nSPS) is 10.2. The van der Waals surface area contributed by atoms with Crippen molar-refractivity contribution in [1.29, 1.82) is 0 Å². The monoisotopic (exact) mass is 290 g/mol. The van der Waals surface area contributed by atoms with Gasteiger partial charge in [0.2, 0.25) is 0 Å². The summed E-state index contributed by atoms with van der Waals surface area (Å²) >= 11 is 5.92. The summed E-state index contributed by atoms with van der Waals surface area (Å²) in [5.41, 5.74) is 9.48. The second-order valence-corrected chi connectivity index (χ2v) is 4.81. The van der Waals surface area contributed by atoms with Gasteiger partial charge in [-0.1, -0.05) is 11.6 Å². The average Bonchev–Trinajstić information content (AvgIpc) is 2.42. The number of aryl methyl sites for hydroxylation is 1. The van der Waals surface area contributed by atoms with Gasteiger partial charge in [0.1, 0.15) is 0 Å². The fraction of sp³-hybridized carbons (Fsp3) is 0.133. The Morgan fingerprint density at radius 1 is 1.20 bits per heavy atom. The van der Waals surface area contributed by atoms with Crippen LogP contribution in [0.2, 0.25) is 5.02 Å². The van der Waals surface area contributed by atoms with Gasteiger partial charge in [-0.05, 0) is 48.9 Å². The third kappa shape index (κ3) is 3.03. The molecule has 0 radical (unpaired) electrons. The molecule has 0 atom stereocenters. The van der Waals surface area contributed by atoms with E-state index < -0.39 is 5.97 Å². The van der Waals surface area contributed by atoms with Gasteiger partial charge in [0.25, 0.3) is 0 Å². The fourth-order valence-corrected chi connectivity index (χ4v) is 2.06. The van der Waals surface area contributed by atoms with Crippen LogP contribution in [0.3, 0.4) is 0 Å². The number of nitrogens with one attached hydrogen (secondary N) is 1. The molecule has 5 heteroatoms. The highest BCUT2D eigenvalue weighted by Gasteiger charge is 2.09. The second kappa shape index (κ2) is 5.84. The van der Waals surface area contributed by atoms with E-state index in [1.54, 1.807) is 24.3 Å². The lowest BCUT2D eigenvalue weighted by atomic mass is 10.1. The van der Waals surface area contributed by atoms with Gasteiger partial charge in [0, 0.05) is 10.7 Å². The number of anilines is 3. The van der Waals surface area contributed by atoms with Crippen LogP contribution in [0, 0.1) is 6.92 Å². The minimum Gasteiger partial charge on any atom is -0.465 e. The van der Waals surface area contributed by atoms with Crippen LogP contribution < -0.4 is 11.1 Å². The molecule has 0 saturated heterocycles. The molecule has 2 rings (SSSR count). The summed E-state index contributed by atoms with van der Waals surface area (Å²) in [4.78, 5) is 11.4. The van der Waals surface area contributed by atoms with Crippen LogP contribution in [0.1, 0.15) is 15.9 Å². The topological polar surface area (TPSA) is 64.3 Å². The van der Waals surface area contributed by atoms with Gasteiger partial charge >= 0.3 is 5.97 Å². The van der Waals surface area contributed by atoms with Gasteiger partial charge in [-0.25, -0.2) is 4.79 Å². The molecule has 0 aliphatic rings. The molecule has 0 bridgehead atoms. The van der Waals surface area contributed by atoms with E-state index in [1.807, 2.05) is 19.1 Å². The van der Waals surface area contributed by atoms with Crippen LogP contribution in [0.25, 0.3) is 0 Å². The van der Waals surface area contributed by atoms with Crippen molar-refractivity contribution in [3.63, 3.8) is 0 Å². The quantitative estimate of drug-likeness (QED) is 0.667. The molecule has 0 aliphatic heterocycles. The molecule has 0 aromatic heterocycles. The average molecular weight is 291 g/mol. The van der Waals surface area contributed by atoms with E-state index in [0.29, 0.717) is 16.3 Å². The number of carbonyl (C=O) groups is 1. The third-order valence-corrected chi connectivity index (χ3v) is 3.17. The summed E-state index contributed by atoms with van der Waals surface area (Å²) in [7, 11) is 1.34. The molecule has 0 fully saturated rings. The van der Waals surface area contributed by atoms with Crippen molar-refractivity contribution in [2.45, 2.75) is 6.92 Å². The second-order valence-electron chi connectivity index (χ2n) is 4.38. The molecule has 0 amide bonds. The SMILES string of the molecule is COC(=O)c1ccc(Nc2ccc(Cl)cc2C)c(N)c1. The Morgan fingerprint density at radius 2 is 1.90 bits per heavy atom. The van der Waals surface area contributed by atoms with Crippen LogP contribution in [-0.4, -0.2) is 13.1 Å². The number of nitrogens with two attached hydrogens (primary N) is 1. The van der Waals surface area contributed by atoms with Crippen molar-refractivity contribution in [3.05, 3.63) is 52.5 Å². The maximum absolute atomic E-state index is 11.4. The Balaban J connectivity index is 2.28. The summed E-state index contributed by atoms with van der Waals surface area (Å²) in [5.74, 6) is -0.411. The molecule has 0 heterocycles. The van der Waals surface area contributed by atoms with Crippen molar-refractivity contribution in [1.82, 2.24) is 0 Å². The predicted molar refractivity (Wildman–Crippen MR) is 81.7 cm³/mol. The van der Waals surface area contributed by atoms with Crippen LogP contribution in [0.15, 0.2) is 36.4 Å². The number of esters is 1. The summed E-state index contributed by atoms with van der Waals surface area (Å²) in [6, 6.07) is 10.5. The predicted octanol–water partition coefficient (Wildman–Crippen LogP) is 3.76. The van der Waals surface area contributed by atoms with Crippen LogP contribution in [-0.2, 0) is 4.74 Å². The number of hydrogen-bond acceptors (Lipinski definition) is 4. The molecule has 0 aliphatic carbocycles. The van der Waals surface area contributed by atoms with Gasteiger partial charge in [-0.2, -0.15) is 0 Å². The Bertz CT molecular complexity index is 656. The number of ether oxygens (including phenoxy) is 1.